The Bertz CT molecular complexity index is 562. The van der Waals surface area contributed by atoms with Crippen LogP contribution in [0.5, 0.6) is 0 Å². The van der Waals surface area contributed by atoms with E-state index in [1.165, 1.54) is 0 Å². The number of nitrogens with zero attached hydrogens (tertiary/aromatic N) is 1. The average molecular weight is 342 g/mol. The Morgan fingerprint density at radius 3 is 2.90 bits per heavy atom. The van der Waals surface area contributed by atoms with Gasteiger partial charge in [0, 0.05) is 42.8 Å². The Labute approximate surface area is 125 Å². The molecule has 2 rings (SSSR count). The highest BCUT2D eigenvalue weighted by Crippen LogP contribution is 2.38. The van der Waals surface area contributed by atoms with E-state index in [1.807, 2.05) is 11.9 Å². The number of fused-ring (bicyclic) bond motifs is 1. The van der Waals surface area contributed by atoms with Crippen LogP contribution in [0.15, 0.2) is 16.6 Å². The lowest BCUT2D eigenvalue weighted by atomic mass is 10.1. The fourth-order valence-electron chi connectivity index (χ4n) is 2.06. The number of carbonyl (C=O) groups excluding carboxylic acids is 2. The number of nitrogens with one attached hydrogen (secondary N) is 2. The second-order valence-electron chi connectivity index (χ2n) is 4.63. The van der Waals surface area contributed by atoms with Crippen LogP contribution in [-0.4, -0.2) is 37.6 Å². The number of halogens is 1. The van der Waals surface area contributed by atoms with E-state index in [4.69, 9.17) is 0 Å². The van der Waals surface area contributed by atoms with Gasteiger partial charge in [-0.3, -0.25) is 9.59 Å². The number of benzene rings is 1. The van der Waals surface area contributed by atoms with Crippen molar-refractivity contribution in [3.63, 3.8) is 0 Å². The molecule has 0 aliphatic carbocycles. The summed E-state index contributed by atoms with van der Waals surface area (Å²) in [5.41, 5.74) is 2.01. The van der Waals surface area contributed by atoms with Crippen LogP contribution in [0.1, 0.15) is 18.1 Å². The summed E-state index contributed by atoms with van der Waals surface area (Å²) in [7, 11) is 3.47. The third-order valence-corrected chi connectivity index (χ3v) is 3.92. The highest BCUT2D eigenvalue weighted by molar-refractivity contribution is 9.10. The highest BCUT2D eigenvalue weighted by atomic mass is 79.9. The zero-order chi connectivity index (χ0) is 14.9. The molecule has 0 bridgehead atoms. The maximum Gasteiger partial charge on any atom is 0.257 e. The minimum atomic E-state index is -1.12. The minimum Gasteiger partial charge on any atom is -0.378 e. The van der Waals surface area contributed by atoms with Crippen LogP contribution < -0.4 is 15.5 Å². The first-order valence-electron chi connectivity index (χ1n) is 6.18. The molecule has 0 radical (unpaired) electrons. The third-order valence-electron chi connectivity index (χ3n) is 3.28. The molecule has 7 heteroatoms. The van der Waals surface area contributed by atoms with Crippen molar-refractivity contribution in [3.8, 4) is 0 Å². The second-order valence-corrected chi connectivity index (χ2v) is 5.48. The van der Waals surface area contributed by atoms with Gasteiger partial charge in [-0.2, -0.15) is 0 Å². The molecule has 0 fully saturated rings. The first kappa shape index (κ1) is 14.8. The monoisotopic (exact) mass is 341 g/mol. The molecular formula is C13H16BrN3O3. The van der Waals surface area contributed by atoms with E-state index in [2.05, 4.69) is 26.6 Å². The fraction of sp³-hybridized carbons (Fsp3) is 0.385. The van der Waals surface area contributed by atoms with E-state index in [-0.39, 0.29) is 5.91 Å². The smallest absolute Gasteiger partial charge is 0.257 e. The van der Waals surface area contributed by atoms with Gasteiger partial charge in [-0.1, -0.05) is 0 Å². The van der Waals surface area contributed by atoms with Gasteiger partial charge < -0.3 is 20.6 Å². The molecule has 20 heavy (non-hydrogen) atoms. The number of anilines is 2. The number of hydrogen-bond donors (Lipinski definition) is 3. The Morgan fingerprint density at radius 1 is 1.55 bits per heavy atom. The molecule has 0 aromatic heterocycles. The maximum absolute atomic E-state index is 11.4. The van der Waals surface area contributed by atoms with Crippen molar-refractivity contribution < 1.29 is 14.7 Å². The lowest BCUT2D eigenvalue weighted by Gasteiger charge is -2.21. The first-order valence-corrected chi connectivity index (χ1v) is 6.97. The molecule has 0 saturated heterocycles. The first-order chi connectivity index (χ1) is 9.43. The van der Waals surface area contributed by atoms with E-state index < -0.39 is 12.0 Å². The van der Waals surface area contributed by atoms with E-state index >= 15 is 0 Å². The van der Waals surface area contributed by atoms with Gasteiger partial charge in [-0.25, -0.2) is 0 Å². The van der Waals surface area contributed by atoms with E-state index in [0.717, 1.165) is 10.2 Å². The molecule has 108 valence electrons. The third kappa shape index (κ3) is 2.78. The van der Waals surface area contributed by atoms with Gasteiger partial charge in [0.15, 0.2) is 6.10 Å². The number of carbonyl (C=O) groups is 2. The molecule has 0 spiro atoms. The summed E-state index contributed by atoms with van der Waals surface area (Å²) in [6, 6.07) is 3.51. The van der Waals surface area contributed by atoms with Crippen LogP contribution >= 0.6 is 15.9 Å². The summed E-state index contributed by atoms with van der Waals surface area (Å²) in [4.78, 5) is 24.6. The van der Waals surface area contributed by atoms with E-state index in [0.29, 0.717) is 24.2 Å². The molecule has 0 saturated carbocycles. The topological polar surface area (TPSA) is 81.7 Å². The number of aliphatic hydroxyl groups excluding tert-OH is 1. The molecule has 1 heterocycles. The molecule has 1 atom stereocenters. The summed E-state index contributed by atoms with van der Waals surface area (Å²) in [6.45, 7) is 0.549. The van der Waals surface area contributed by atoms with Gasteiger partial charge in [-0.15, -0.1) is 0 Å². The van der Waals surface area contributed by atoms with Gasteiger partial charge in [-0.05, 0) is 28.1 Å². The SMILES string of the molecule is CNC(=O)CCN(C)c1cc2c(cc1Br)C(O)C(=O)N2. The largest absolute Gasteiger partial charge is 0.378 e. The molecular weight excluding hydrogens is 326 g/mol. The predicted molar refractivity (Wildman–Crippen MR) is 79.7 cm³/mol. The van der Waals surface area contributed by atoms with Gasteiger partial charge in [0.25, 0.3) is 5.91 Å². The molecule has 1 aliphatic heterocycles. The second kappa shape index (κ2) is 5.80. The molecule has 3 N–H and O–H groups in total. The van der Waals surface area contributed by atoms with E-state index in [9.17, 15) is 14.7 Å². The van der Waals surface area contributed by atoms with Crippen molar-refractivity contribution in [2.24, 2.45) is 0 Å². The molecule has 1 aliphatic rings. The lowest BCUT2D eigenvalue weighted by molar-refractivity contribution is -0.123. The number of hydrogen-bond acceptors (Lipinski definition) is 4. The Kier molecular flexibility index (Phi) is 4.29. The molecule has 1 aromatic carbocycles. The fourth-order valence-corrected chi connectivity index (χ4v) is 2.73. The predicted octanol–water partition coefficient (Wildman–Crippen LogP) is 1.01. The van der Waals surface area contributed by atoms with Crippen molar-refractivity contribution in [2.45, 2.75) is 12.5 Å². The van der Waals surface area contributed by atoms with Crippen molar-refractivity contribution in [1.29, 1.82) is 0 Å². The quantitative estimate of drug-likeness (QED) is 0.763. The summed E-state index contributed by atoms with van der Waals surface area (Å²) in [6.07, 6.45) is -0.738. The Morgan fingerprint density at radius 2 is 2.25 bits per heavy atom. The Hall–Kier alpha value is -1.60. The van der Waals surface area contributed by atoms with Crippen LogP contribution in [0.25, 0.3) is 0 Å². The Balaban J connectivity index is 2.19. The van der Waals surface area contributed by atoms with Gasteiger partial charge >= 0.3 is 0 Å². The molecule has 1 aromatic rings. The van der Waals surface area contributed by atoms with Crippen LogP contribution in [0.3, 0.4) is 0 Å². The van der Waals surface area contributed by atoms with Gasteiger partial charge in [0.1, 0.15) is 0 Å². The lowest BCUT2D eigenvalue weighted by Crippen LogP contribution is -2.26. The zero-order valence-electron chi connectivity index (χ0n) is 11.2. The van der Waals surface area contributed by atoms with Crippen LogP contribution in [0.2, 0.25) is 0 Å². The number of aliphatic hydroxyl groups is 1. The average Bonchev–Trinajstić information content (AvgIpc) is 2.70. The van der Waals surface area contributed by atoms with E-state index in [1.54, 1.807) is 19.2 Å². The number of amides is 2. The van der Waals surface area contributed by atoms with Gasteiger partial charge in [0.05, 0.1) is 5.69 Å². The maximum atomic E-state index is 11.4. The standard InChI is InChI=1S/C13H16BrN3O3/c1-15-11(18)3-4-17(2)10-6-9-7(5-8(10)14)12(19)13(20)16-9/h5-6,12,19H,3-4H2,1-2H3,(H,15,18)(H,16,20). The summed E-state index contributed by atoms with van der Waals surface area (Å²) < 4.78 is 0.770. The number of rotatable bonds is 4. The summed E-state index contributed by atoms with van der Waals surface area (Å²) in [5.74, 6) is -0.449. The van der Waals surface area contributed by atoms with Crippen molar-refractivity contribution in [1.82, 2.24) is 5.32 Å². The van der Waals surface area contributed by atoms with Gasteiger partial charge in [0.2, 0.25) is 5.91 Å². The highest BCUT2D eigenvalue weighted by Gasteiger charge is 2.29. The van der Waals surface area contributed by atoms with Crippen molar-refractivity contribution >= 4 is 39.1 Å². The molecule has 6 nitrogen and oxygen atoms in total. The minimum absolute atomic E-state index is 0.0298. The molecule has 2 amide bonds. The van der Waals surface area contributed by atoms with Crippen LogP contribution in [0.4, 0.5) is 11.4 Å². The van der Waals surface area contributed by atoms with Crippen LogP contribution in [-0.2, 0) is 9.59 Å². The summed E-state index contributed by atoms with van der Waals surface area (Å²) in [5, 5.41) is 14.9. The summed E-state index contributed by atoms with van der Waals surface area (Å²) >= 11 is 3.43. The normalized spacial score (nSPS) is 16.6. The molecule has 1 unspecified atom stereocenters. The van der Waals surface area contributed by atoms with Crippen LogP contribution in [0, 0.1) is 0 Å². The zero-order valence-corrected chi connectivity index (χ0v) is 12.8. The van der Waals surface area contributed by atoms with Crippen molar-refractivity contribution in [3.05, 3.63) is 22.2 Å². The van der Waals surface area contributed by atoms with Crippen molar-refractivity contribution in [2.75, 3.05) is 30.9 Å².